The molecule has 1 aromatic carbocycles. The molecule has 1 rings (SSSR count). The fourth-order valence-electron chi connectivity index (χ4n) is 1.46. The maximum Gasteiger partial charge on any atom is 0.132 e. The Labute approximate surface area is 94.9 Å². The number of rotatable bonds is 4. The summed E-state index contributed by atoms with van der Waals surface area (Å²) in [6, 6.07) is 7.31. The van der Waals surface area contributed by atoms with Crippen LogP contribution in [0, 0.1) is 0 Å². The monoisotopic (exact) mass is 226 g/mol. The Morgan fingerprint density at radius 1 is 1.40 bits per heavy atom. The number of ketones is 1. The molecule has 0 saturated heterocycles. The van der Waals surface area contributed by atoms with Crippen molar-refractivity contribution in [3.63, 3.8) is 0 Å². The van der Waals surface area contributed by atoms with Crippen LogP contribution >= 0.6 is 11.6 Å². The fourth-order valence-corrected chi connectivity index (χ4v) is 1.59. The minimum Gasteiger partial charge on any atom is -0.392 e. The van der Waals surface area contributed by atoms with Crippen LogP contribution in [0.5, 0.6) is 0 Å². The summed E-state index contributed by atoms with van der Waals surface area (Å²) in [7, 11) is 0. The number of Topliss-reactive ketones (excluding diaryl/α,β-unsaturated/α-hetero) is 1. The van der Waals surface area contributed by atoms with Crippen molar-refractivity contribution in [3.8, 4) is 0 Å². The van der Waals surface area contributed by atoms with E-state index < -0.39 is 6.10 Å². The molecule has 2 nitrogen and oxygen atoms in total. The second-order valence-electron chi connectivity index (χ2n) is 3.81. The molecule has 0 aromatic heterocycles. The molecule has 2 atom stereocenters. The van der Waals surface area contributed by atoms with Gasteiger partial charge in [0.1, 0.15) is 5.78 Å². The summed E-state index contributed by atoms with van der Waals surface area (Å²) in [6.07, 6.45) is -0.423. The molecule has 0 aliphatic heterocycles. The molecule has 0 saturated carbocycles. The Morgan fingerprint density at radius 2 is 1.93 bits per heavy atom. The smallest absolute Gasteiger partial charge is 0.132 e. The zero-order valence-corrected chi connectivity index (χ0v) is 9.66. The van der Waals surface area contributed by atoms with Gasteiger partial charge in [-0.15, -0.1) is 0 Å². The van der Waals surface area contributed by atoms with Crippen LogP contribution in [0.3, 0.4) is 0 Å². The lowest BCUT2D eigenvalue weighted by Crippen LogP contribution is -2.18. The van der Waals surface area contributed by atoms with Crippen LogP contribution < -0.4 is 0 Å². The maximum absolute atomic E-state index is 10.9. The van der Waals surface area contributed by atoms with E-state index in [0.29, 0.717) is 5.02 Å². The SMILES string of the molecule is CC(=O)C[C@@H](O)[C@@H](C)c1ccc(Cl)cc1. The summed E-state index contributed by atoms with van der Waals surface area (Å²) in [4.78, 5) is 10.9. The number of carbonyl (C=O) groups is 1. The van der Waals surface area contributed by atoms with E-state index >= 15 is 0 Å². The minimum atomic E-state index is -0.622. The molecule has 0 heterocycles. The van der Waals surface area contributed by atoms with Crippen molar-refractivity contribution in [1.29, 1.82) is 0 Å². The molecular weight excluding hydrogens is 212 g/mol. The Balaban J connectivity index is 2.71. The third-order valence-electron chi connectivity index (χ3n) is 2.47. The molecule has 0 bridgehead atoms. The van der Waals surface area contributed by atoms with E-state index in [1.807, 2.05) is 19.1 Å². The van der Waals surface area contributed by atoms with Crippen molar-refractivity contribution < 1.29 is 9.90 Å². The average molecular weight is 227 g/mol. The van der Waals surface area contributed by atoms with E-state index in [9.17, 15) is 9.90 Å². The van der Waals surface area contributed by atoms with Gasteiger partial charge in [0.05, 0.1) is 6.10 Å². The summed E-state index contributed by atoms with van der Waals surface area (Å²) < 4.78 is 0. The number of halogens is 1. The molecule has 0 unspecified atom stereocenters. The van der Waals surface area contributed by atoms with E-state index in [-0.39, 0.29) is 18.1 Å². The molecule has 82 valence electrons. The lowest BCUT2D eigenvalue weighted by atomic mass is 9.93. The van der Waals surface area contributed by atoms with Crippen molar-refractivity contribution >= 4 is 17.4 Å². The summed E-state index contributed by atoms with van der Waals surface area (Å²) in [5.74, 6) is -0.0468. The number of benzene rings is 1. The molecule has 0 spiro atoms. The van der Waals surface area contributed by atoms with Gasteiger partial charge in [0.2, 0.25) is 0 Å². The normalized spacial score (nSPS) is 14.7. The molecule has 0 amide bonds. The van der Waals surface area contributed by atoms with Crippen molar-refractivity contribution in [2.75, 3.05) is 0 Å². The van der Waals surface area contributed by atoms with E-state index in [1.54, 1.807) is 12.1 Å². The quantitative estimate of drug-likeness (QED) is 0.857. The van der Waals surface area contributed by atoms with Gasteiger partial charge >= 0.3 is 0 Å². The topological polar surface area (TPSA) is 37.3 Å². The molecule has 0 aliphatic rings. The Bertz CT molecular complexity index is 332. The zero-order chi connectivity index (χ0) is 11.4. The third-order valence-corrected chi connectivity index (χ3v) is 2.72. The van der Waals surface area contributed by atoms with Crippen LogP contribution in [-0.2, 0) is 4.79 Å². The van der Waals surface area contributed by atoms with Crippen LogP contribution in [0.2, 0.25) is 5.02 Å². The third kappa shape index (κ3) is 3.65. The van der Waals surface area contributed by atoms with Crippen LogP contribution in [0.4, 0.5) is 0 Å². The lowest BCUT2D eigenvalue weighted by molar-refractivity contribution is -0.119. The minimum absolute atomic E-state index is 0.00307. The van der Waals surface area contributed by atoms with E-state index in [2.05, 4.69) is 0 Å². The molecule has 15 heavy (non-hydrogen) atoms. The second-order valence-corrected chi connectivity index (χ2v) is 4.25. The van der Waals surface area contributed by atoms with Crippen LogP contribution in [0.15, 0.2) is 24.3 Å². The second kappa shape index (κ2) is 5.29. The fraction of sp³-hybridized carbons (Fsp3) is 0.417. The van der Waals surface area contributed by atoms with Crippen molar-refractivity contribution in [2.24, 2.45) is 0 Å². The van der Waals surface area contributed by atoms with E-state index in [1.165, 1.54) is 6.92 Å². The number of aliphatic hydroxyl groups excluding tert-OH is 1. The first kappa shape index (κ1) is 12.2. The molecular formula is C12H15ClO2. The van der Waals surface area contributed by atoms with E-state index in [0.717, 1.165) is 5.56 Å². The summed E-state index contributed by atoms with van der Waals surface area (Å²) in [5, 5.41) is 10.4. The van der Waals surface area contributed by atoms with Crippen molar-refractivity contribution in [2.45, 2.75) is 32.3 Å². The lowest BCUT2D eigenvalue weighted by Gasteiger charge is -2.18. The maximum atomic E-state index is 10.9. The zero-order valence-electron chi connectivity index (χ0n) is 8.90. The number of aliphatic hydroxyl groups is 1. The van der Waals surface area contributed by atoms with Crippen molar-refractivity contribution in [3.05, 3.63) is 34.9 Å². The summed E-state index contributed by atoms with van der Waals surface area (Å²) in [6.45, 7) is 3.38. The highest BCUT2D eigenvalue weighted by Crippen LogP contribution is 2.22. The van der Waals surface area contributed by atoms with Crippen LogP contribution in [-0.4, -0.2) is 17.0 Å². The Hall–Kier alpha value is -0.860. The molecule has 1 aromatic rings. The van der Waals surface area contributed by atoms with Gasteiger partial charge in [-0.25, -0.2) is 0 Å². The number of carbonyl (C=O) groups excluding carboxylic acids is 1. The first-order chi connectivity index (χ1) is 7.00. The Kier molecular flexibility index (Phi) is 4.30. The van der Waals surface area contributed by atoms with Gasteiger partial charge in [0.15, 0.2) is 0 Å². The van der Waals surface area contributed by atoms with Crippen LogP contribution in [0.1, 0.15) is 31.7 Å². The molecule has 3 heteroatoms. The summed E-state index contributed by atoms with van der Waals surface area (Å²) >= 11 is 5.76. The Morgan fingerprint density at radius 3 is 2.40 bits per heavy atom. The largest absolute Gasteiger partial charge is 0.392 e. The standard InChI is InChI=1S/C12H15ClO2/c1-8(14)7-12(15)9(2)10-3-5-11(13)6-4-10/h3-6,9,12,15H,7H2,1-2H3/t9-,12+/m0/s1. The van der Waals surface area contributed by atoms with Crippen LogP contribution in [0.25, 0.3) is 0 Å². The van der Waals surface area contributed by atoms with Gasteiger partial charge in [-0.3, -0.25) is 4.79 Å². The number of hydrogen-bond acceptors (Lipinski definition) is 2. The van der Waals surface area contributed by atoms with Gasteiger partial charge in [0.25, 0.3) is 0 Å². The molecule has 0 aliphatic carbocycles. The predicted molar refractivity (Wildman–Crippen MR) is 61.2 cm³/mol. The van der Waals surface area contributed by atoms with Crippen molar-refractivity contribution in [1.82, 2.24) is 0 Å². The van der Waals surface area contributed by atoms with Gasteiger partial charge in [-0.1, -0.05) is 30.7 Å². The molecule has 1 N–H and O–H groups in total. The van der Waals surface area contributed by atoms with Gasteiger partial charge < -0.3 is 5.11 Å². The first-order valence-corrected chi connectivity index (χ1v) is 5.31. The highest BCUT2D eigenvalue weighted by Gasteiger charge is 2.17. The highest BCUT2D eigenvalue weighted by atomic mass is 35.5. The highest BCUT2D eigenvalue weighted by molar-refractivity contribution is 6.30. The molecule has 0 fully saturated rings. The first-order valence-electron chi connectivity index (χ1n) is 4.93. The number of hydrogen-bond donors (Lipinski definition) is 1. The van der Waals surface area contributed by atoms with Gasteiger partial charge in [0, 0.05) is 17.4 Å². The average Bonchev–Trinajstić information content (AvgIpc) is 2.17. The van der Waals surface area contributed by atoms with E-state index in [4.69, 9.17) is 11.6 Å². The summed E-state index contributed by atoms with van der Waals surface area (Å²) in [5.41, 5.74) is 0.994. The predicted octanol–water partition coefficient (Wildman–Crippen LogP) is 2.78. The van der Waals surface area contributed by atoms with Gasteiger partial charge in [-0.2, -0.15) is 0 Å². The molecule has 0 radical (unpaired) electrons. The van der Waals surface area contributed by atoms with Gasteiger partial charge in [-0.05, 0) is 24.6 Å².